The molecule has 0 spiro atoms. The largest absolute Gasteiger partial charge is 0.480 e. The van der Waals surface area contributed by atoms with Crippen LogP contribution in [0.2, 0.25) is 0 Å². The lowest BCUT2D eigenvalue weighted by Crippen LogP contribution is -2.56. The number of hydrogen-bond acceptors (Lipinski definition) is 8. The van der Waals surface area contributed by atoms with Crippen molar-refractivity contribution in [3.63, 3.8) is 0 Å². The van der Waals surface area contributed by atoms with Gasteiger partial charge in [0.05, 0.1) is 13.7 Å². The summed E-state index contributed by atoms with van der Waals surface area (Å²) >= 11 is 0. The van der Waals surface area contributed by atoms with Crippen LogP contribution in [0.3, 0.4) is 0 Å². The van der Waals surface area contributed by atoms with Gasteiger partial charge in [0.25, 0.3) is 0 Å². The number of carbonyl (C=O) groups excluding carboxylic acids is 2. The molecule has 0 radical (unpaired) electrons. The van der Waals surface area contributed by atoms with Gasteiger partial charge in [-0.05, 0) is 13.1 Å². The molecule has 5 atom stereocenters. The molecule has 1 heterocycles. The molecule has 9 nitrogen and oxygen atoms in total. The summed E-state index contributed by atoms with van der Waals surface area (Å²) in [6.45, 7) is 0.822. The van der Waals surface area contributed by atoms with Crippen LogP contribution >= 0.6 is 0 Å². The molecule has 0 saturated carbocycles. The Morgan fingerprint density at radius 2 is 2.09 bits per heavy atom. The summed E-state index contributed by atoms with van der Waals surface area (Å²) in [5, 5.41) is 34.5. The molecule has 0 aromatic rings. The second-order valence-electron chi connectivity index (χ2n) is 5.26. The van der Waals surface area contributed by atoms with E-state index in [9.17, 15) is 19.8 Å². The van der Waals surface area contributed by atoms with Gasteiger partial charge in [-0.15, -0.1) is 0 Å². The molecule has 132 valence electrons. The number of amides is 1. The molecule has 0 saturated heterocycles. The summed E-state index contributed by atoms with van der Waals surface area (Å²) in [5.41, 5.74) is 0. The zero-order chi connectivity index (χ0) is 17.6. The van der Waals surface area contributed by atoms with Gasteiger partial charge in [0, 0.05) is 25.4 Å². The fourth-order valence-electron chi connectivity index (χ4n) is 2.43. The first-order valence-electron chi connectivity index (χ1n) is 7.21. The lowest BCUT2D eigenvalue weighted by molar-refractivity contribution is -0.151. The van der Waals surface area contributed by atoms with Crippen LogP contribution in [0, 0.1) is 5.92 Å². The Morgan fingerprint density at radius 1 is 1.43 bits per heavy atom. The predicted molar refractivity (Wildman–Crippen MR) is 79.1 cm³/mol. The molecule has 0 aliphatic carbocycles. The molecule has 0 aromatic carbocycles. The number of hydrogen-bond donors (Lipinski definition) is 5. The lowest BCUT2D eigenvalue weighted by atomic mass is 9.85. The number of aliphatic hydroxyl groups excluding tert-OH is 3. The maximum absolute atomic E-state index is 11.7. The van der Waals surface area contributed by atoms with Crippen molar-refractivity contribution in [2.45, 2.75) is 31.3 Å². The van der Waals surface area contributed by atoms with E-state index >= 15 is 0 Å². The van der Waals surface area contributed by atoms with Gasteiger partial charge >= 0.3 is 5.97 Å². The van der Waals surface area contributed by atoms with Crippen molar-refractivity contribution in [3.8, 4) is 0 Å². The van der Waals surface area contributed by atoms with E-state index in [1.807, 2.05) is 0 Å². The van der Waals surface area contributed by atoms with Crippen molar-refractivity contribution in [2.75, 3.05) is 27.3 Å². The Morgan fingerprint density at radius 3 is 2.57 bits per heavy atom. The van der Waals surface area contributed by atoms with Crippen molar-refractivity contribution in [2.24, 2.45) is 5.92 Å². The van der Waals surface area contributed by atoms with Crippen LogP contribution in [-0.4, -0.2) is 78.9 Å². The van der Waals surface area contributed by atoms with Gasteiger partial charge in [0.15, 0.2) is 0 Å². The standard InChI is InChI=1S/C14H24N2O7/c1-7(18)16-5-8-9(15-2)4-11(14(21)22-3)23-13(8)12(20)10(19)6-17/h4,8-10,12-13,15,17,19-20H,5-6H2,1-3H3,(H,16,18). The highest BCUT2D eigenvalue weighted by atomic mass is 16.6. The number of esters is 1. The molecule has 5 unspecified atom stereocenters. The number of rotatable bonds is 7. The number of methoxy groups -OCH3 is 1. The molecular weight excluding hydrogens is 308 g/mol. The Balaban J connectivity index is 3.09. The minimum atomic E-state index is -1.46. The summed E-state index contributed by atoms with van der Waals surface area (Å²) in [6, 6.07) is -0.421. The maximum atomic E-state index is 11.7. The smallest absolute Gasteiger partial charge is 0.373 e. The van der Waals surface area contributed by atoms with E-state index in [4.69, 9.17) is 9.84 Å². The van der Waals surface area contributed by atoms with E-state index < -0.39 is 42.8 Å². The number of nitrogens with one attached hydrogen (secondary N) is 2. The van der Waals surface area contributed by atoms with E-state index in [2.05, 4.69) is 15.4 Å². The van der Waals surface area contributed by atoms with Crippen LogP contribution in [0.1, 0.15) is 6.92 Å². The second kappa shape index (κ2) is 8.82. The summed E-state index contributed by atoms with van der Waals surface area (Å²) in [6.07, 6.45) is -2.44. The minimum absolute atomic E-state index is 0.111. The predicted octanol–water partition coefficient (Wildman–Crippen LogP) is -2.50. The number of ether oxygens (including phenoxy) is 2. The molecule has 1 aliphatic heterocycles. The monoisotopic (exact) mass is 332 g/mol. The van der Waals surface area contributed by atoms with Gasteiger partial charge in [0.2, 0.25) is 11.7 Å². The summed E-state index contributed by atoms with van der Waals surface area (Å²) in [7, 11) is 2.84. The van der Waals surface area contributed by atoms with Gasteiger partial charge in [-0.1, -0.05) is 0 Å². The number of likely N-dealkylation sites (N-methyl/N-ethyl adjacent to an activating group) is 1. The molecule has 1 amide bonds. The van der Waals surface area contributed by atoms with Crippen molar-refractivity contribution in [3.05, 3.63) is 11.8 Å². The van der Waals surface area contributed by atoms with Crippen molar-refractivity contribution >= 4 is 11.9 Å². The summed E-state index contributed by atoms with van der Waals surface area (Å²) < 4.78 is 10.1. The van der Waals surface area contributed by atoms with E-state index in [1.54, 1.807) is 7.05 Å². The first-order valence-corrected chi connectivity index (χ1v) is 7.21. The van der Waals surface area contributed by atoms with Gasteiger partial charge in [-0.2, -0.15) is 0 Å². The normalized spacial score (nSPS) is 26.5. The fourth-order valence-corrected chi connectivity index (χ4v) is 2.43. The van der Waals surface area contributed by atoms with Crippen LogP contribution < -0.4 is 10.6 Å². The third-order valence-corrected chi connectivity index (χ3v) is 3.70. The second-order valence-corrected chi connectivity index (χ2v) is 5.26. The van der Waals surface area contributed by atoms with E-state index in [-0.39, 0.29) is 18.2 Å². The van der Waals surface area contributed by atoms with Gasteiger partial charge in [0.1, 0.15) is 18.3 Å². The van der Waals surface area contributed by atoms with Crippen LogP contribution in [0.15, 0.2) is 11.8 Å². The van der Waals surface area contributed by atoms with E-state index in [0.717, 1.165) is 0 Å². The molecule has 0 bridgehead atoms. The van der Waals surface area contributed by atoms with E-state index in [0.29, 0.717) is 0 Å². The fraction of sp³-hybridized carbons (Fsp3) is 0.714. The zero-order valence-electron chi connectivity index (χ0n) is 13.4. The first kappa shape index (κ1) is 19.4. The Kier molecular flexibility index (Phi) is 7.43. The topological polar surface area (TPSA) is 137 Å². The quantitative estimate of drug-likeness (QED) is 0.323. The average molecular weight is 332 g/mol. The summed E-state index contributed by atoms with van der Waals surface area (Å²) in [5.74, 6) is -1.58. The van der Waals surface area contributed by atoms with Gasteiger partial charge in [-0.3, -0.25) is 4.79 Å². The molecule has 5 N–H and O–H groups in total. The van der Waals surface area contributed by atoms with Crippen LogP contribution in [-0.2, 0) is 19.1 Å². The SMILES string of the molecule is CNC1C=C(C(=O)OC)OC(C(O)C(O)CO)C1CNC(C)=O. The van der Waals surface area contributed by atoms with Crippen molar-refractivity contribution in [1.29, 1.82) is 0 Å². The zero-order valence-corrected chi connectivity index (χ0v) is 13.4. The Hall–Kier alpha value is -1.68. The summed E-state index contributed by atoms with van der Waals surface area (Å²) in [4.78, 5) is 22.9. The number of aliphatic hydroxyl groups is 3. The Bertz CT molecular complexity index is 454. The first-order chi connectivity index (χ1) is 10.8. The lowest BCUT2D eigenvalue weighted by Gasteiger charge is -2.39. The molecule has 0 fully saturated rings. The third-order valence-electron chi connectivity index (χ3n) is 3.70. The van der Waals surface area contributed by atoms with Crippen LogP contribution in [0.5, 0.6) is 0 Å². The van der Waals surface area contributed by atoms with Crippen LogP contribution in [0.25, 0.3) is 0 Å². The Labute approximate surface area is 134 Å². The highest BCUT2D eigenvalue weighted by Gasteiger charge is 2.42. The highest BCUT2D eigenvalue weighted by Crippen LogP contribution is 2.27. The van der Waals surface area contributed by atoms with E-state index in [1.165, 1.54) is 20.1 Å². The third kappa shape index (κ3) is 4.90. The highest BCUT2D eigenvalue weighted by molar-refractivity contribution is 5.86. The van der Waals surface area contributed by atoms with Gasteiger partial charge < -0.3 is 35.4 Å². The molecular formula is C14H24N2O7. The maximum Gasteiger partial charge on any atom is 0.373 e. The molecule has 0 aromatic heterocycles. The van der Waals surface area contributed by atoms with Crippen molar-refractivity contribution < 1.29 is 34.4 Å². The molecule has 1 rings (SSSR count). The minimum Gasteiger partial charge on any atom is -0.480 e. The van der Waals surface area contributed by atoms with Gasteiger partial charge in [-0.25, -0.2) is 4.79 Å². The molecule has 9 heteroatoms. The van der Waals surface area contributed by atoms with Crippen LogP contribution in [0.4, 0.5) is 0 Å². The molecule has 1 aliphatic rings. The average Bonchev–Trinajstić information content (AvgIpc) is 2.56. The van der Waals surface area contributed by atoms with Crippen molar-refractivity contribution in [1.82, 2.24) is 10.6 Å². The molecule has 23 heavy (non-hydrogen) atoms. The number of carbonyl (C=O) groups is 2.